The number of hydrogen-bond acceptors (Lipinski definition) is 4. The summed E-state index contributed by atoms with van der Waals surface area (Å²) in [7, 11) is 0. The molecule has 0 radical (unpaired) electrons. The topological polar surface area (TPSA) is 89.3 Å². The molecule has 0 bridgehead atoms. The lowest BCUT2D eigenvalue weighted by molar-refractivity contribution is 0.0665. The zero-order valence-corrected chi connectivity index (χ0v) is 7.98. The van der Waals surface area contributed by atoms with Gasteiger partial charge < -0.3 is 15.3 Å². The lowest BCUT2D eigenvalue weighted by atomic mass is 10.1. The van der Waals surface area contributed by atoms with Gasteiger partial charge in [0.05, 0.1) is 0 Å². The second-order valence-corrected chi connectivity index (χ2v) is 3.01. The number of carbonyl (C=O) groups is 1. The summed E-state index contributed by atoms with van der Waals surface area (Å²) in [6.07, 6.45) is 0. The molecule has 3 N–H and O–H groups in total. The van der Waals surface area contributed by atoms with E-state index in [1.807, 2.05) is 0 Å². The summed E-state index contributed by atoms with van der Waals surface area (Å²) in [4.78, 5) is 14.5. The smallest absolute Gasteiger partial charge is 0.374 e. The van der Waals surface area contributed by atoms with Crippen LogP contribution >= 0.6 is 0 Å². The molecule has 0 aliphatic rings. The molecule has 0 amide bonds. The van der Waals surface area contributed by atoms with Gasteiger partial charge in [-0.15, -0.1) is 0 Å². The van der Waals surface area contributed by atoms with Crippen molar-refractivity contribution in [3.05, 3.63) is 35.8 Å². The summed E-state index contributed by atoms with van der Waals surface area (Å²) < 4.78 is 18.1. The van der Waals surface area contributed by atoms with Gasteiger partial charge in [0, 0.05) is 5.56 Å². The SMILES string of the molecule is Nc1nc(-c2ccccc2F)c(C(=O)O)o1. The molecule has 5 nitrogen and oxygen atoms in total. The van der Waals surface area contributed by atoms with Crippen LogP contribution in [0.1, 0.15) is 10.6 Å². The molecular formula is C10H7FN2O3. The van der Waals surface area contributed by atoms with E-state index in [1.54, 1.807) is 6.07 Å². The van der Waals surface area contributed by atoms with Crippen LogP contribution in [0.5, 0.6) is 0 Å². The van der Waals surface area contributed by atoms with E-state index >= 15 is 0 Å². The van der Waals surface area contributed by atoms with Gasteiger partial charge in [0.25, 0.3) is 6.01 Å². The average Bonchev–Trinajstić information content (AvgIpc) is 2.61. The number of aromatic carboxylic acids is 1. The number of benzene rings is 1. The van der Waals surface area contributed by atoms with Crippen LogP contribution in [0.3, 0.4) is 0 Å². The third-order valence-corrected chi connectivity index (χ3v) is 1.97. The predicted octanol–water partition coefficient (Wildman–Crippen LogP) is 1.76. The minimum absolute atomic E-state index is 0.0420. The maximum absolute atomic E-state index is 13.4. The van der Waals surface area contributed by atoms with Crippen LogP contribution in [0, 0.1) is 5.82 Å². The summed E-state index contributed by atoms with van der Waals surface area (Å²) in [6, 6.07) is 5.35. The van der Waals surface area contributed by atoms with E-state index in [2.05, 4.69) is 9.40 Å². The standard InChI is InChI=1S/C10H7FN2O3/c11-6-4-2-1-3-5(6)7-8(9(14)15)16-10(12)13-7/h1-4H,(H2,12,13)(H,14,15). The Balaban J connectivity index is 2.64. The predicted molar refractivity (Wildman–Crippen MR) is 53.3 cm³/mol. The molecule has 0 saturated heterocycles. The van der Waals surface area contributed by atoms with Gasteiger partial charge >= 0.3 is 5.97 Å². The molecule has 1 aromatic carbocycles. The summed E-state index contributed by atoms with van der Waals surface area (Å²) in [5, 5.41) is 8.82. The van der Waals surface area contributed by atoms with Crippen LogP contribution < -0.4 is 5.73 Å². The Hall–Kier alpha value is -2.37. The van der Waals surface area contributed by atoms with Gasteiger partial charge in [-0.05, 0) is 12.1 Å². The molecule has 0 fully saturated rings. The normalized spacial score (nSPS) is 10.3. The van der Waals surface area contributed by atoms with Gasteiger partial charge in [-0.3, -0.25) is 0 Å². The maximum Gasteiger partial charge on any atom is 0.374 e. The van der Waals surface area contributed by atoms with Crippen molar-refractivity contribution in [2.24, 2.45) is 0 Å². The molecule has 1 aromatic heterocycles. The highest BCUT2D eigenvalue weighted by Gasteiger charge is 2.21. The third kappa shape index (κ3) is 1.60. The van der Waals surface area contributed by atoms with Crippen molar-refractivity contribution in [3.63, 3.8) is 0 Å². The minimum Gasteiger partial charge on any atom is -0.475 e. The molecule has 16 heavy (non-hydrogen) atoms. The van der Waals surface area contributed by atoms with E-state index in [1.165, 1.54) is 18.2 Å². The fourth-order valence-corrected chi connectivity index (χ4v) is 1.32. The molecule has 6 heteroatoms. The van der Waals surface area contributed by atoms with E-state index in [0.717, 1.165) is 0 Å². The van der Waals surface area contributed by atoms with Crippen LogP contribution in [-0.4, -0.2) is 16.1 Å². The third-order valence-electron chi connectivity index (χ3n) is 1.97. The quantitative estimate of drug-likeness (QED) is 0.808. The number of oxazole rings is 1. The van der Waals surface area contributed by atoms with Crippen molar-refractivity contribution >= 4 is 12.0 Å². The van der Waals surface area contributed by atoms with Crippen molar-refractivity contribution in [2.75, 3.05) is 5.73 Å². The molecule has 0 atom stereocenters. The molecule has 0 saturated carbocycles. The van der Waals surface area contributed by atoms with Crippen LogP contribution in [0.15, 0.2) is 28.7 Å². The highest BCUT2D eigenvalue weighted by Crippen LogP contribution is 2.27. The summed E-state index contributed by atoms with van der Waals surface area (Å²) in [5.74, 6) is -2.40. The highest BCUT2D eigenvalue weighted by atomic mass is 19.1. The molecule has 2 aromatic rings. The fourth-order valence-electron chi connectivity index (χ4n) is 1.32. The van der Waals surface area contributed by atoms with Crippen LogP contribution in [-0.2, 0) is 0 Å². The molecule has 0 spiro atoms. The molecule has 0 unspecified atom stereocenters. The van der Waals surface area contributed by atoms with E-state index < -0.39 is 17.5 Å². The van der Waals surface area contributed by atoms with E-state index in [-0.39, 0.29) is 17.3 Å². The Bertz CT molecular complexity index is 551. The number of nitrogen functional groups attached to an aromatic ring is 1. The molecule has 0 aliphatic carbocycles. The van der Waals surface area contributed by atoms with Gasteiger partial charge in [0.2, 0.25) is 5.76 Å². The Morgan fingerprint density at radius 1 is 1.44 bits per heavy atom. The number of aromatic nitrogens is 1. The highest BCUT2D eigenvalue weighted by molar-refractivity contribution is 5.92. The maximum atomic E-state index is 13.4. The number of hydrogen-bond donors (Lipinski definition) is 2. The number of carboxylic acid groups (broad SMARTS) is 1. The molecular weight excluding hydrogens is 215 g/mol. The van der Waals surface area contributed by atoms with Crippen molar-refractivity contribution in [3.8, 4) is 11.3 Å². The van der Waals surface area contributed by atoms with Crippen molar-refractivity contribution < 1.29 is 18.7 Å². The Morgan fingerprint density at radius 2 is 2.12 bits per heavy atom. The zero-order valence-electron chi connectivity index (χ0n) is 7.98. The van der Waals surface area contributed by atoms with E-state index in [4.69, 9.17) is 10.8 Å². The van der Waals surface area contributed by atoms with Crippen molar-refractivity contribution in [2.45, 2.75) is 0 Å². The van der Waals surface area contributed by atoms with E-state index in [9.17, 15) is 9.18 Å². The summed E-state index contributed by atoms with van der Waals surface area (Å²) in [6.45, 7) is 0. The van der Waals surface area contributed by atoms with Crippen LogP contribution in [0.4, 0.5) is 10.4 Å². The van der Waals surface area contributed by atoms with Gasteiger partial charge in [-0.2, -0.15) is 4.98 Å². The minimum atomic E-state index is -1.34. The first-order valence-corrected chi connectivity index (χ1v) is 4.34. The largest absolute Gasteiger partial charge is 0.475 e. The van der Waals surface area contributed by atoms with Crippen molar-refractivity contribution in [1.29, 1.82) is 0 Å². The molecule has 1 heterocycles. The van der Waals surface area contributed by atoms with Crippen LogP contribution in [0.2, 0.25) is 0 Å². The van der Waals surface area contributed by atoms with Gasteiger partial charge in [-0.25, -0.2) is 9.18 Å². The van der Waals surface area contributed by atoms with Gasteiger partial charge in [-0.1, -0.05) is 12.1 Å². The van der Waals surface area contributed by atoms with E-state index in [0.29, 0.717) is 0 Å². The number of anilines is 1. The Labute approximate surface area is 89.3 Å². The number of carboxylic acids is 1. The first-order valence-electron chi connectivity index (χ1n) is 4.34. The molecule has 2 rings (SSSR count). The lowest BCUT2D eigenvalue weighted by Crippen LogP contribution is -1.97. The van der Waals surface area contributed by atoms with Gasteiger partial charge in [0.1, 0.15) is 11.5 Å². The molecule has 82 valence electrons. The lowest BCUT2D eigenvalue weighted by Gasteiger charge is -1.98. The summed E-state index contributed by atoms with van der Waals surface area (Å²) >= 11 is 0. The zero-order chi connectivity index (χ0) is 11.7. The fraction of sp³-hybridized carbons (Fsp3) is 0. The second kappa shape index (κ2) is 3.65. The first kappa shape index (κ1) is 10.2. The Morgan fingerprint density at radius 3 is 2.75 bits per heavy atom. The van der Waals surface area contributed by atoms with Gasteiger partial charge in [0.15, 0.2) is 0 Å². The number of rotatable bonds is 2. The summed E-state index contributed by atoms with van der Waals surface area (Å²) in [5.41, 5.74) is 5.17. The Kier molecular flexibility index (Phi) is 2.32. The second-order valence-electron chi connectivity index (χ2n) is 3.01. The first-order chi connectivity index (χ1) is 7.59. The molecule has 0 aliphatic heterocycles. The average molecular weight is 222 g/mol. The monoisotopic (exact) mass is 222 g/mol. The number of nitrogens with zero attached hydrogens (tertiary/aromatic N) is 1. The number of nitrogens with two attached hydrogens (primary N) is 1. The number of halogens is 1. The van der Waals surface area contributed by atoms with Crippen LogP contribution in [0.25, 0.3) is 11.3 Å². The van der Waals surface area contributed by atoms with Crippen molar-refractivity contribution in [1.82, 2.24) is 4.98 Å².